The quantitative estimate of drug-likeness (QED) is 0.581. The van der Waals surface area contributed by atoms with E-state index in [1.54, 1.807) is 12.1 Å². The fraction of sp³-hybridized carbons (Fsp3) is 0.300. The normalized spacial score (nSPS) is 10.4. The molecule has 2 rings (SSSR count). The molecule has 0 amide bonds. The lowest BCUT2D eigenvalue weighted by Crippen LogP contribution is -2.12. The summed E-state index contributed by atoms with van der Waals surface area (Å²) in [5.41, 5.74) is 1.98. The fourth-order valence-corrected chi connectivity index (χ4v) is 2.72. The van der Waals surface area contributed by atoms with Gasteiger partial charge in [-0.1, -0.05) is 47.5 Å². The minimum Gasteiger partial charge on any atom is -0.465 e. The van der Waals surface area contributed by atoms with E-state index in [1.807, 2.05) is 36.4 Å². The van der Waals surface area contributed by atoms with Gasteiger partial charge in [-0.2, -0.15) is 0 Å². The third-order valence-electron chi connectivity index (χ3n) is 3.62. The van der Waals surface area contributed by atoms with E-state index in [0.717, 1.165) is 11.1 Å². The summed E-state index contributed by atoms with van der Waals surface area (Å²) in [6, 6.07) is 14.7. The highest BCUT2D eigenvalue weighted by atomic mass is 35.5. The molecule has 2 aromatic rings. The highest BCUT2D eigenvalue weighted by Crippen LogP contribution is 2.12. The number of esters is 2. The van der Waals surface area contributed by atoms with Gasteiger partial charge in [0.15, 0.2) is 0 Å². The van der Waals surface area contributed by atoms with E-state index < -0.39 is 11.9 Å². The van der Waals surface area contributed by atoms with Crippen LogP contribution in [0.5, 0.6) is 0 Å². The molecule has 0 aliphatic rings. The van der Waals surface area contributed by atoms with Crippen LogP contribution in [-0.2, 0) is 31.9 Å². The van der Waals surface area contributed by atoms with Crippen molar-refractivity contribution in [3.63, 3.8) is 0 Å². The summed E-state index contributed by atoms with van der Waals surface area (Å²) in [5, 5.41) is 1.30. The van der Waals surface area contributed by atoms with E-state index in [-0.39, 0.29) is 26.1 Å². The van der Waals surface area contributed by atoms with Crippen LogP contribution in [0, 0.1) is 0 Å². The monoisotopic (exact) mass is 394 g/mol. The zero-order valence-electron chi connectivity index (χ0n) is 14.3. The first kappa shape index (κ1) is 20.3. The minimum atomic E-state index is -0.418. The van der Waals surface area contributed by atoms with Gasteiger partial charge in [-0.05, 0) is 35.4 Å². The Morgan fingerprint density at radius 1 is 0.731 bits per heavy atom. The first-order valence-electron chi connectivity index (χ1n) is 8.33. The number of ether oxygens (including phenoxy) is 2. The Balaban J connectivity index is 1.57. The molecule has 0 spiro atoms. The number of halogens is 2. The van der Waals surface area contributed by atoms with Gasteiger partial charge in [-0.3, -0.25) is 9.59 Å². The smallest absolute Gasteiger partial charge is 0.306 e. The van der Waals surface area contributed by atoms with Crippen molar-refractivity contribution < 1.29 is 19.1 Å². The molecule has 2 aromatic carbocycles. The first-order valence-corrected chi connectivity index (χ1v) is 9.08. The minimum absolute atomic E-state index is 0.00550. The van der Waals surface area contributed by atoms with Gasteiger partial charge in [0.2, 0.25) is 0 Å². The van der Waals surface area contributed by atoms with Crippen molar-refractivity contribution in [2.24, 2.45) is 0 Å². The van der Waals surface area contributed by atoms with Crippen LogP contribution in [0.2, 0.25) is 10.0 Å². The van der Waals surface area contributed by atoms with Gasteiger partial charge in [0.05, 0.1) is 26.1 Å². The molecule has 0 atom stereocenters. The lowest BCUT2D eigenvalue weighted by molar-refractivity contribution is -0.150. The van der Waals surface area contributed by atoms with E-state index >= 15 is 0 Å². The Morgan fingerprint density at radius 2 is 1.15 bits per heavy atom. The Hall–Kier alpha value is -2.04. The SMILES string of the molecule is O=C(CCC(=O)OCCc1cccc(Cl)c1)OCCc1cccc(Cl)c1. The van der Waals surface area contributed by atoms with Crippen LogP contribution in [0.4, 0.5) is 0 Å². The van der Waals surface area contributed by atoms with Crippen molar-refractivity contribution in [2.75, 3.05) is 13.2 Å². The maximum atomic E-state index is 11.7. The number of carbonyl (C=O) groups excluding carboxylic acids is 2. The van der Waals surface area contributed by atoms with Crippen LogP contribution >= 0.6 is 23.2 Å². The molecule has 0 aromatic heterocycles. The van der Waals surface area contributed by atoms with Crippen LogP contribution in [-0.4, -0.2) is 25.2 Å². The average Bonchev–Trinajstić information content (AvgIpc) is 2.60. The van der Waals surface area contributed by atoms with Gasteiger partial charge in [-0.25, -0.2) is 0 Å². The maximum Gasteiger partial charge on any atom is 0.306 e. The molecular weight excluding hydrogens is 375 g/mol. The number of carbonyl (C=O) groups is 2. The highest BCUT2D eigenvalue weighted by molar-refractivity contribution is 6.30. The predicted octanol–water partition coefficient (Wildman–Crippen LogP) is 4.65. The maximum absolute atomic E-state index is 11.7. The number of hydrogen-bond acceptors (Lipinski definition) is 4. The van der Waals surface area contributed by atoms with Crippen LogP contribution in [0.25, 0.3) is 0 Å². The van der Waals surface area contributed by atoms with Gasteiger partial charge in [0.1, 0.15) is 0 Å². The van der Waals surface area contributed by atoms with Crippen molar-refractivity contribution in [1.82, 2.24) is 0 Å². The molecule has 0 N–H and O–H groups in total. The molecule has 4 nitrogen and oxygen atoms in total. The summed E-state index contributed by atoms with van der Waals surface area (Å²) in [4.78, 5) is 23.3. The van der Waals surface area contributed by atoms with Crippen molar-refractivity contribution in [1.29, 1.82) is 0 Å². The molecule has 0 radical (unpaired) electrons. The Labute approximate surface area is 163 Å². The summed E-state index contributed by atoms with van der Waals surface area (Å²) in [6.07, 6.45) is 1.17. The molecule has 0 saturated carbocycles. The van der Waals surface area contributed by atoms with Crippen LogP contribution in [0.1, 0.15) is 24.0 Å². The standard InChI is InChI=1S/C20H20Cl2O4/c21-17-5-1-3-15(13-17)9-11-25-19(23)7-8-20(24)26-12-10-16-4-2-6-18(22)14-16/h1-6,13-14H,7-12H2. The second-order valence-electron chi connectivity index (χ2n) is 5.70. The molecule has 138 valence electrons. The Bertz CT molecular complexity index is 683. The van der Waals surface area contributed by atoms with Gasteiger partial charge >= 0.3 is 11.9 Å². The fourth-order valence-electron chi connectivity index (χ4n) is 2.30. The van der Waals surface area contributed by atoms with Crippen molar-refractivity contribution in [3.8, 4) is 0 Å². The third kappa shape index (κ3) is 7.89. The molecule has 0 fully saturated rings. The van der Waals surface area contributed by atoms with Crippen LogP contribution in [0.15, 0.2) is 48.5 Å². The summed E-state index contributed by atoms with van der Waals surface area (Å²) in [5.74, 6) is -0.836. The van der Waals surface area contributed by atoms with Crippen LogP contribution < -0.4 is 0 Å². The zero-order valence-corrected chi connectivity index (χ0v) is 15.8. The second-order valence-corrected chi connectivity index (χ2v) is 6.57. The van der Waals surface area contributed by atoms with Crippen molar-refractivity contribution in [2.45, 2.75) is 25.7 Å². The van der Waals surface area contributed by atoms with E-state index in [1.165, 1.54) is 0 Å². The van der Waals surface area contributed by atoms with Crippen LogP contribution in [0.3, 0.4) is 0 Å². The van der Waals surface area contributed by atoms with E-state index in [2.05, 4.69) is 0 Å². The number of benzene rings is 2. The Morgan fingerprint density at radius 3 is 1.54 bits per heavy atom. The summed E-state index contributed by atoms with van der Waals surface area (Å²) in [6.45, 7) is 0.506. The zero-order chi connectivity index (χ0) is 18.8. The van der Waals surface area contributed by atoms with E-state index in [4.69, 9.17) is 32.7 Å². The molecule has 0 aliphatic heterocycles. The molecule has 0 unspecified atom stereocenters. The molecule has 26 heavy (non-hydrogen) atoms. The summed E-state index contributed by atoms with van der Waals surface area (Å²) >= 11 is 11.8. The van der Waals surface area contributed by atoms with Gasteiger partial charge in [0.25, 0.3) is 0 Å². The lowest BCUT2D eigenvalue weighted by atomic mass is 10.2. The van der Waals surface area contributed by atoms with Crippen molar-refractivity contribution >= 4 is 35.1 Å². The molecule has 0 heterocycles. The Kier molecular flexibility index (Phi) is 8.45. The van der Waals surface area contributed by atoms with E-state index in [9.17, 15) is 9.59 Å². The average molecular weight is 395 g/mol. The highest BCUT2D eigenvalue weighted by Gasteiger charge is 2.09. The predicted molar refractivity (Wildman–Crippen MR) is 101 cm³/mol. The number of rotatable bonds is 9. The van der Waals surface area contributed by atoms with Gasteiger partial charge < -0.3 is 9.47 Å². The van der Waals surface area contributed by atoms with Crippen molar-refractivity contribution in [3.05, 3.63) is 69.7 Å². The lowest BCUT2D eigenvalue weighted by Gasteiger charge is -2.07. The molecule has 0 bridgehead atoms. The largest absolute Gasteiger partial charge is 0.465 e. The van der Waals surface area contributed by atoms with Gasteiger partial charge in [-0.15, -0.1) is 0 Å². The summed E-state index contributed by atoms with van der Waals surface area (Å²) < 4.78 is 10.2. The molecular formula is C20H20Cl2O4. The summed E-state index contributed by atoms with van der Waals surface area (Å²) in [7, 11) is 0. The topological polar surface area (TPSA) is 52.6 Å². The molecule has 0 saturated heterocycles. The first-order chi connectivity index (χ1) is 12.5. The third-order valence-corrected chi connectivity index (χ3v) is 4.09. The molecule has 0 aliphatic carbocycles. The molecule has 6 heteroatoms. The van der Waals surface area contributed by atoms with Gasteiger partial charge in [0, 0.05) is 22.9 Å². The van der Waals surface area contributed by atoms with E-state index in [0.29, 0.717) is 22.9 Å². The number of hydrogen-bond donors (Lipinski definition) is 0. The second kappa shape index (κ2) is 10.8.